The van der Waals surface area contributed by atoms with Crippen molar-refractivity contribution in [2.45, 2.75) is 19.8 Å². The molecule has 1 aliphatic heterocycles. The minimum absolute atomic E-state index is 0.693. The lowest BCUT2D eigenvalue weighted by Crippen LogP contribution is -2.09. The van der Waals surface area contributed by atoms with E-state index in [1.54, 1.807) is 0 Å². The van der Waals surface area contributed by atoms with Gasteiger partial charge in [0.15, 0.2) is 0 Å². The summed E-state index contributed by atoms with van der Waals surface area (Å²) in [6.07, 6.45) is 2.16. The van der Waals surface area contributed by atoms with Gasteiger partial charge in [0.25, 0.3) is 0 Å². The van der Waals surface area contributed by atoms with Crippen LogP contribution in [0.15, 0.2) is 12.1 Å². The molecule has 0 saturated heterocycles. The van der Waals surface area contributed by atoms with E-state index in [4.69, 9.17) is 10.00 Å². The molecule has 0 saturated carbocycles. The Morgan fingerprint density at radius 3 is 3.08 bits per heavy atom. The lowest BCUT2D eigenvalue weighted by Gasteiger charge is -2.19. The Labute approximate surface area is 77.8 Å². The summed E-state index contributed by atoms with van der Waals surface area (Å²) < 4.78 is 5.50. The second-order valence-electron chi connectivity index (χ2n) is 3.33. The van der Waals surface area contributed by atoms with Gasteiger partial charge in [0.05, 0.1) is 18.2 Å². The van der Waals surface area contributed by atoms with Gasteiger partial charge in [-0.15, -0.1) is 0 Å². The zero-order chi connectivity index (χ0) is 9.26. The average Bonchev–Trinajstić information content (AvgIpc) is 2.18. The zero-order valence-corrected chi connectivity index (χ0v) is 7.63. The fourth-order valence-electron chi connectivity index (χ4n) is 1.73. The maximum atomic E-state index is 8.76. The van der Waals surface area contributed by atoms with Gasteiger partial charge in [-0.3, -0.25) is 0 Å². The number of nitriles is 1. The van der Waals surface area contributed by atoms with Gasteiger partial charge < -0.3 is 4.74 Å². The van der Waals surface area contributed by atoms with E-state index in [-0.39, 0.29) is 0 Å². The van der Waals surface area contributed by atoms with Crippen molar-refractivity contribution in [2.75, 3.05) is 6.61 Å². The Morgan fingerprint density at radius 1 is 1.46 bits per heavy atom. The molecule has 1 aromatic rings. The number of hydrogen-bond donors (Lipinski definition) is 0. The van der Waals surface area contributed by atoms with E-state index in [2.05, 4.69) is 6.07 Å². The van der Waals surface area contributed by atoms with Crippen LogP contribution in [-0.4, -0.2) is 6.61 Å². The minimum Gasteiger partial charge on any atom is -0.493 e. The summed E-state index contributed by atoms with van der Waals surface area (Å²) in [7, 11) is 0. The number of benzene rings is 1. The third-order valence-electron chi connectivity index (χ3n) is 2.39. The van der Waals surface area contributed by atoms with Crippen LogP contribution in [0.25, 0.3) is 0 Å². The molecule has 1 heterocycles. The van der Waals surface area contributed by atoms with E-state index in [1.807, 2.05) is 19.1 Å². The Hall–Kier alpha value is -1.49. The van der Waals surface area contributed by atoms with Crippen molar-refractivity contribution < 1.29 is 4.74 Å². The molecule has 0 unspecified atom stereocenters. The van der Waals surface area contributed by atoms with Gasteiger partial charge in [0.2, 0.25) is 0 Å². The topological polar surface area (TPSA) is 33.0 Å². The molecule has 13 heavy (non-hydrogen) atoms. The molecule has 2 nitrogen and oxygen atoms in total. The van der Waals surface area contributed by atoms with E-state index < -0.39 is 0 Å². The van der Waals surface area contributed by atoms with Crippen LogP contribution < -0.4 is 4.74 Å². The number of rotatable bonds is 0. The molecule has 0 aromatic heterocycles. The van der Waals surface area contributed by atoms with E-state index in [0.29, 0.717) is 5.56 Å². The Bertz CT molecular complexity index is 376. The van der Waals surface area contributed by atoms with Crippen molar-refractivity contribution in [3.63, 3.8) is 0 Å². The molecule has 2 heteroatoms. The highest BCUT2D eigenvalue weighted by Crippen LogP contribution is 2.28. The first-order valence-electron chi connectivity index (χ1n) is 4.47. The van der Waals surface area contributed by atoms with Crippen LogP contribution in [0.5, 0.6) is 5.75 Å². The largest absolute Gasteiger partial charge is 0.493 e. The zero-order valence-electron chi connectivity index (χ0n) is 7.63. The van der Waals surface area contributed by atoms with Crippen LogP contribution in [0.4, 0.5) is 0 Å². The molecule has 0 bridgehead atoms. The molecular formula is C11H11NO. The Kier molecular flexibility index (Phi) is 1.94. The highest BCUT2D eigenvalue weighted by Gasteiger charge is 2.13. The Balaban J connectivity index is 2.54. The second kappa shape index (κ2) is 3.10. The summed E-state index contributed by atoms with van der Waals surface area (Å²) in [5.41, 5.74) is 3.14. The summed E-state index contributed by atoms with van der Waals surface area (Å²) in [5.74, 6) is 0.905. The minimum atomic E-state index is 0.693. The van der Waals surface area contributed by atoms with Gasteiger partial charge >= 0.3 is 0 Å². The fraction of sp³-hybridized carbons (Fsp3) is 0.364. The number of fused-ring (bicyclic) bond motifs is 1. The summed E-state index contributed by atoms with van der Waals surface area (Å²) >= 11 is 0. The van der Waals surface area contributed by atoms with Crippen molar-refractivity contribution in [2.24, 2.45) is 0 Å². The van der Waals surface area contributed by atoms with Crippen LogP contribution in [-0.2, 0) is 6.42 Å². The first kappa shape index (κ1) is 8.12. The van der Waals surface area contributed by atoms with E-state index in [1.165, 1.54) is 11.1 Å². The van der Waals surface area contributed by atoms with E-state index in [9.17, 15) is 0 Å². The van der Waals surface area contributed by atoms with Crippen LogP contribution in [0.1, 0.15) is 23.1 Å². The van der Waals surface area contributed by atoms with Crippen LogP contribution in [0.2, 0.25) is 0 Å². The first-order valence-corrected chi connectivity index (χ1v) is 4.47. The number of ether oxygens (including phenoxy) is 1. The number of hydrogen-bond acceptors (Lipinski definition) is 2. The third kappa shape index (κ3) is 1.38. The summed E-state index contributed by atoms with van der Waals surface area (Å²) in [6, 6.07) is 5.90. The molecule has 0 atom stereocenters. The quantitative estimate of drug-likeness (QED) is 0.602. The van der Waals surface area contributed by atoms with Crippen LogP contribution >= 0.6 is 0 Å². The molecular weight excluding hydrogens is 162 g/mol. The van der Waals surface area contributed by atoms with Crippen molar-refractivity contribution in [3.8, 4) is 11.8 Å². The molecule has 0 fully saturated rings. The van der Waals surface area contributed by atoms with Crippen LogP contribution in [0.3, 0.4) is 0 Å². The van der Waals surface area contributed by atoms with Crippen molar-refractivity contribution in [3.05, 3.63) is 28.8 Å². The standard InChI is InChI=1S/C11H11NO/c1-8-5-9(7-12)6-11-10(8)3-2-4-13-11/h5-6H,2-4H2,1H3. The summed E-state index contributed by atoms with van der Waals surface area (Å²) in [4.78, 5) is 0. The highest BCUT2D eigenvalue weighted by molar-refractivity contribution is 5.48. The van der Waals surface area contributed by atoms with Gasteiger partial charge in [-0.2, -0.15) is 5.26 Å². The summed E-state index contributed by atoms with van der Waals surface area (Å²) in [6.45, 7) is 2.82. The fourth-order valence-corrected chi connectivity index (χ4v) is 1.73. The van der Waals surface area contributed by atoms with E-state index >= 15 is 0 Å². The predicted molar refractivity (Wildman–Crippen MR) is 49.7 cm³/mol. The SMILES string of the molecule is Cc1cc(C#N)cc2c1CCCO2. The molecule has 0 radical (unpaired) electrons. The average molecular weight is 173 g/mol. The molecule has 0 amide bonds. The molecule has 0 N–H and O–H groups in total. The Morgan fingerprint density at radius 2 is 2.31 bits per heavy atom. The smallest absolute Gasteiger partial charge is 0.124 e. The normalized spacial score (nSPS) is 14.2. The van der Waals surface area contributed by atoms with Crippen molar-refractivity contribution >= 4 is 0 Å². The third-order valence-corrected chi connectivity index (χ3v) is 2.39. The predicted octanol–water partition coefficient (Wildman–Crippen LogP) is 2.19. The van der Waals surface area contributed by atoms with Gasteiger partial charge in [-0.25, -0.2) is 0 Å². The number of nitrogens with zero attached hydrogens (tertiary/aromatic N) is 1. The molecule has 0 aliphatic carbocycles. The molecule has 2 rings (SSSR count). The van der Waals surface area contributed by atoms with Gasteiger partial charge in [0.1, 0.15) is 5.75 Å². The number of aryl methyl sites for hydroxylation is 1. The van der Waals surface area contributed by atoms with Crippen molar-refractivity contribution in [1.82, 2.24) is 0 Å². The maximum absolute atomic E-state index is 8.76. The monoisotopic (exact) mass is 173 g/mol. The van der Waals surface area contributed by atoms with E-state index in [0.717, 1.165) is 25.2 Å². The summed E-state index contributed by atoms with van der Waals surface area (Å²) in [5, 5.41) is 8.76. The maximum Gasteiger partial charge on any atom is 0.124 e. The van der Waals surface area contributed by atoms with Gasteiger partial charge in [-0.05, 0) is 43.0 Å². The van der Waals surface area contributed by atoms with Crippen molar-refractivity contribution in [1.29, 1.82) is 5.26 Å². The molecule has 1 aromatic carbocycles. The van der Waals surface area contributed by atoms with Crippen LogP contribution in [0, 0.1) is 18.3 Å². The lowest BCUT2D eigenvalue weighted by atomic mass is 9.99. The lowest BCUT2D eigenvalue weighted by molar-refractivity contribution is 0.287. The van der Waals surface area contributed by atoms with Gasteiger partial charge in [0, 0.05) is 0 Å². The molecule has 1 aliphatic rings. The van der Waals surface area contributed by atoms with Gasteiger partial charge in [-0.1, -0.05) is 0 Å². The first-order chi connectivity index (χ1) is 6.31. The highest BCUT2D eigenvalue weighted by atomic mass is 16.5. The molecule has 66 valence electrons. The second-order valence-corrected chi connectivity index (χ2v) is 3.33. The molecule has 0 spiro atoms.